The summed E-state index contributed by atoms with van der Waals surface area (Å²) in [6.45, 7) is 2.42. The van der Waals surface area contributed by atoms with E-state index in [1.165, 1.54) is 29.3 Å². The summed E-state index contributed by atoms with van der Waals surface area (Å²) >= 11 is 13.1. The number of hydrogen-bond donors (Lipinski definition) is 2. The number of nitro benzene ring substituents is 1. The van der Waals surface area contributed by atoms with Gasteiger partial charge < -0.3 is 10.2 Å². The maximum atomic E-state index is 13.4. The Bertz CT molecular complexity index is 1880. The van der Waals surface area contributed by atoms with Gasteiger partial charge in [-0.15, -0.1) is 11.3 Å². The first-order valence-corrected chi connectivity index (χ1v) is 16.3. The van der Waals surface area contributed by atoms with E-state index in [1.807, 2.05) is 36.4 Å². The number of aromatic nitrogens is 1. The molecule has 1 aliphatic heterocycles. The van der Waals surface area contributed by atoms with Crippen LogP contribution in [0.5, 0.6) is 0 Å². The van der Waals surface area contributed by atoms with Gasteiger partial charge in [-0.25, -0.2) is 4.98 Å². The van der Waals surface area contributed by atoms with Gasteiger partial charge in [0.15, 0.2) is 5.13 Å². The number of nitrogens with zero attached hydrogens (tertiary/aromatic N) is 4. The van der Waals surface area contributed by atoms with Gasteiger partial charge in [-0.05, 0) is 41.5 Å². The predicted octanol–water partition coefficient (Wildman–Crippen LogP) is 7.90. The van der Waals surface area contributed by atoms with Crippen molar-refractivity contribution in [1.29, 1.82) is 0 Å². The van der Waals surface area contributed by atoms with Crippen LogP contribution in [-0.2, 0) is 0 Å². The zero-order valence-electron chi connectivity index (χ0n) is 24.8. The van der Waals surface area contributed by atoms with Crippen LogP contribution in [0.3, 0.4) is 0 Å². The third kappa shape index (κ3) is 7.44. The van der Waals surface area contributed by atoms with Crippen molar-refractivity contribution in [1.82, 2.24) is 14.8 Å². The lowest BCUT2D eigenvalue weighted by atomic mass is 9.96. The zero-order chi connectivity index (χ0) is 32.9. The summed E-state index contributed by atoms with van der Waals surface area (Å²) in [5.74, 6) is -0.810. The minimum atomic E-state index is -0.594. The highest BCUT2D eigenvalue weighted by atomic mass is 35.5. The van der Waals surface area contributed by atoms with E-state index < -0.39 is 10.8 Å². The van der Waals surface area contributed by atoms with Gasteiger partial charge in [0.2, 0.25) is 0 Å². The molecule has 2 amide bonds. The van der Waals surface area contributed by atoms with Gasteiger partial charge in [-0.2, -0.15) is 0 Å². The molecule has 0 aliphatic carbocycles. The molecule has 13 heteroatoms. The quantitative estimate of drug-likeness (QED) is 0.119. The molecule has 47 heavy (non-hydrogen) atoms. The van der Waals surface area contributed by atoms with Gasteiger partial charge >= 0.3 is 0 Å². The van der Waals surface area contributed by atoms with Crippen LogP contribution in [0.25, 0.3) is 0 Å². The van der Waals surface area contributed by atoms with Crippen molar-refractivity contribution >= 4 is 68.5 Å². The number of nitrogens with one attached hydrogen (secondary N) is 2. The van der Waals surface area contributed by atoms with E-state index in [9.17, 15) is 19.7 Å². The van der Waals surface area contributed by atoms with E-state index in [1.54, 1.807) is 28.5 Å². The Morgan fingerprint density at radius 1 is 0.851 bits per heavy atom. The summed E-state index contributed by atoms with van der Waals surface area (Å²) in [4.78, 5) is 46.2. The SMILES string of the molecule is O=C(Nc1nc(C(=O)N2CCN(C(c3ccccc3)c3ccccc3)CC2)cs1)c1ccc(Nc2ccc(Cl)c(Cl)c2)c([N+](=O)[O-])c1. The fraction of sp³-hybridized carbons (Fsp3) is 0.147. The predicted molar refractivity (Wildman–Crippen MR) is 185 cm³/mol. The normalized spacial score (nSPS) is 13.4. The largest absolute Gasteiger partial charge is 0.350 e. The highest BCUT2D eigenvalue weighted by molar-refractivity contribution is 7.14. The minimum absolute atomic E-state index is 0.0574. The highest BCUT2D eigenvalue weighted by Crippen LogP contribution is 2.33. The topological polar surface area (TPSA) is 121 Å². The van der Waals surface area contributed by atoms with Crippen LogP contribution in [0.4, 0.5) is 22.2 Å². The average molecular weight is 688 g/mol. The van der Waals surface area contributed by atoms with Gasteiger partial charge in [0.05, 0.1) is 21.0 Å². The number of thiazole rings is 1. The van der Waals surface area contributed by atoms with Crippen molar-refractivity contribution in [2.24, 2.45) is 0 Å². The smallest absolute Gasteiger partial charge is 0.293 e. The van der Waals surface area contributed by atoms with E-state index in [-0.39, 0.29) is 39.7 Å². The second kappa shape index (κ2) is 14.3. The van der Waals surface area contributed by atoms with Crippen molar-refractivity contribution in [3.8, 4) is 0 Å². The number of nitro groups is 1. The Hall–Kier alpha value is -4.81. The second-order valence-electron chi connectivity index (χ2n) is 10.8. The van der Waals surface area contributed by atoms with Gasteiger partial charge in [0.1, 0.15) is 11.4 Å². The standard InChI is InChI=1S/C34H28Cl2N6O4S/c35-26-13-12-25(20-27(26)36)37-28-14-11-24(19-30(28)42(45)46)32(43)39-34-38-29(21-47-34)33(44)41-17-15-40(16-18-41)31(22-7-3-1-4-8-22)23-9-5-2-6-10-23/h1-14,19-21,31,37H,15-18H2,(H,38,39,43). The summed E-state index contributed by atoms with van der Waals surface area (Å²) in [5, 5.41) is 19.9. The highest BCUT2D eigenvalue weighted by Gasteiger charge is 2.29. The Morgan fingerprint density at radius 3 is 2.13 bits per heavy atom. The molecule has 4 aromatic carbocycles. The van der Waals surface area contributed by atoms with Gasteiger partial charge in [0.25, 0.3) is 17.5 Å². The van der Waals surface area contributed by atoms with Crippen LogP contribution in [0.2, 0.25) is 10.0 Å². The number of benzene rings is 4. The summed E-state index contributed by atoms with van der Waals surface area (Å²) in [6.07, 6.45) is 0. The van der Waals surface area contributed by atoms with Crippen LogP contribution < -0.4 is 10.6 Å². The van der Waals surface area contributed by atoms with Crippen LogP contribution in [0.1, 0.15) is 38.0 Å². The number of halogens is 2. The Balaban J connectivity index is 1.09. The molecule has 0 bridgehead atoms. The first-order chi connectivity index (χ1) is 22.8. The molecule has 10 nitrogen and oxygen atoms in total. The Kier molecular flexibility index (Phi) is 9.79. The van der Waals surface area contributed by atoms with Crippen LogP contribution in [-0.4, -0.2) is 57.7 Å². The lowest BCUT2D eigenvalue weighted by molar-refractivity contribution is -0.383. The third-order valence-electron chi connectivity index (χ3n) is 7.80. The lowest BCUT2D eigenvalue weighted by Gasteiger charge is -2.39. The average Bonchev–Trinajstić information content (AvgIpc) is 3.56. The molecule has 2 heterocycles. The first-order valence-electron chi connectivity index (χ1n) is 14.7. The Morgan fingerprint density at radius 2 is 1.51 bits per heavy atom. The number of carbonyl (C=O) groups excluding carboxylic acids is 2. The molecule has 6 rings (SSSR count). The number of anilines is 3. The molecule has 1 fully saturated rings. The fourth-order valence-electron chi connectivity index (χ4n) is 5.49. The summed E-state index contributed by atoms with van der Waals surface area (Å²) in [6, 6.07) is 29.6. The van der Waals surface area contributed by atoms with E-state index in [4.69, 9.17) is 23.2 Å². The second-order valence-corrected chi connectivity index (χ2v) is 12.5. The summed E-state index contributed by atoms with van der Waals surface area (Å²) in [5.41, 5.74) is 3.04. The van der Waals surface area contributed by atoms with Gasteiger partial charge in [0, 0.05) is 48.9 Å². The van der Waals surface area contributed by atoms with E-state index in [0.717, 1.165) is 11.3 Å². The maximum absolute atomic E-state index is 13.4. The van der Waals surface area contributed by atoms with Crippen LogP contribution in [0.15, 0.2) is 102 Å². The molecular formula is C34H28Cl2N6O4S. The molecule has 0 radical (unpaired) electrons. The zero-order valence-corrected chi connectivity index (χ0v) is 27.1. The molecule has 0 unspecified atom stereocenters. The summed E-state index contributed by atoms with van der Waals surface area (Å²) < 4.78 is 0. The van der Waals surface area contributed by atoms with Crippen molar-refractivity contribution in [2.75, 3.05) is 36.8 Å². The van der Waals surface area contributed by atoms with Gasteiger partial charge in [-0.1, -0.05) is 83.9 Å². The number of amides is 2. The molecule has 238 valence electrons. The molecule has 1 aliphatic rings. The lowest BCUT2D eigenvalue weighted by Crippen LogP contribution is -2.50. The number of piperazine rings is 1. The van der Waals surface area contributed by atoms with Crippen molar-refractivity contribution < 1.29 is 14.5 Å². The molecule has 1 saturated heterocycles. The third-order valence-corrected chi connectivity index (χ3v) is 9.29. The maximum Gasteiger partial charge on any atom is 0.293 e. The minimum Gasteiger partial charge on any atom is -0.350 e. The monoisotopic (exact) mass is 686 g/mol. The summed E-state index contributed by atoms with van der Waals surface area (Å²) in [7, 11) is 0. The van der Waals surface area contributed by atoms with Crippen LogP contribution >= 0.6 is 34.5 Å². The van der Waals surface area contributed by atoms with Crippen LogP contribution in [0, 0.1) is 10.1 Å². The van der Waals surface area contributed by atoms with Crippen molar-refractivity contribution in [3.63, 3.8) is 0 Å². The molecule has 2 N–H and O–H groups in total. The van der Waals surface area contributed by atoms with Gasteiger partial charge in [-0.3, -0.25) is 29.9 Å². The molecule has 0 saturated carbocycles. The molecule has 0 atom stereocenters. The molecule has 0 spiro atoms. The number of rotatable bonds is 9. The van der Waals surface area contributed by atoms with E-state index in [0.29, 0.717) is 41.9 Å². The van der Waals surface area contributed by atoms with E-state index in [2.05, 4.69) is 44.8 Å². The molecular weight excluding hydrogens is 659 g/mol. The molecule has 5 aromatic rings. The number of carbonyl (C=O) groups is 2. The van der Waals surface area contributed by atoms with Crippen molar-refractivity contribution in [2.45, 2.75) is 6.04 Å². The fourth-order valence-corrected chi connectivity index (χ4v) is 6.47. The first kappa shape index (κ1) is 32.1. The Labute approximate surface area is 284 Å². The van der Waals surface area contributed by atoms with E-state index >= 15 is 0 Å². The van der Waals surface area contributed by atoms with Crippen molar-refractivity contribution in [3.05, 3.63) is 145 Å². The number of hydrogen-bond acceptors (Lipinski definition) is 8. The molecule has 1 aromatic heterocycles.